The normalized spacial score (nSPS) is 15.0. The first-order valence-corrected chi connectivity index (χ1v) is 10.9. The minimum absolute atomic E-state index is 0.316. The summed E-state index contributed by atoms with van der Waals surface area (Å²) in [5, 5.41) is 8.67. The van der Waals surface area contributed by atoms with Crippen molar-refractivity contribution in [3.8, 4) is 11.5 Å². The largest absolute Gasteiger partial charge is 0.378 e. The van der Waals surface area contributed by atoms with Crippen molar-refractivity contribution >= 4 is 43.5 Å². The van der Waals surface area contributed by atoms with Crippen LogP contribution in [-0.4, -0.2) is 59.9 Å². The van der Waals surface area contributed by atoms with E-state index in [0.29, 0.717) is 28.2 Å². The zero-order chi connectivity index (χ0) is 20.7. The van der Waals surface area contributed by atoms with Crippen LogP contribution in [0.5, 0.6) is 0 Å². The van der Waals surface area contributed by atoms with E-state index in [4.69, 9.17) is 4.74 Å². The molecule has 0 amide bonds. The highest BCUT2D eigenvalue weighted by Gasteiger charge is 2.17. The van der Waals surface area contributed by atoms with E-state index in [-0.39, 0.29) is 0 Å². The molecule has 30 heavy (non-hydrogen) atoms. The number of aromatic nitrogens is 5. The van der Waals surface area contributed by atoms with Gasteiger partial charge in [-0.25, -0.2) is 18.4 Å². The molecular weight excluding hydrogens is 406 g/mol. The molecule has 3 aromatic heterocycles. The first-order valence-electron chi connectivity index (χ1n) is 9.35. The van der Waals surface area contributed by atoms with Crippen LogP contribution in [0, 0.1) is 0 Å². The highest BCUT2D eigenvalue weighted by atomic mass is 32.2. The van der Waals surface area contributed by atoms with Crippen molar-refractivity contribution in [1.29, 1.82) is 0 Å². The number of hydrogen-bond acceptors (Lipinski definition) is 7. The molecule has 0 unspecified atom stereocenters. The number of morpholine rings is 1. The van der Waals surface area contributed by atoms with Crippen molar-refractivity contribution in [1.82, 2.24) is 25.1 Å². The van der Waals surface area contributed by atoms with Crippen LogP contribution >= 0.6 is 0 Å². The second-order valence-electron chi connectivity index (χ2n) is 6.89. The Labute approximate surface area is 172 Å². The minimum Gasteiger partial charge on any atom is -0.378 e. The van der Waals surface area contributed by atoms with Crippen LogP contribution in [0.3, 0.4) is 0 Å². The summed E-state index contributed by atoms with van der Waals surface area (Å²) in [4.78, 5) is 14.5. The van der Waals surface area contributed by atoms with Gasteiger partial charge in [0, 0.05) is 24.2 Å². The van der Waals surface area contributed by atoms with Crippen LogP contribution in [-0.2, 0) is 14.8 Å². The average Bonchev–Trinajstić information content (AvgIpc) is 3.37. The molecule has 1 saturated heterocycles. The van der Waals surface area contributed by atoms with Crippen LogP contribution < -0.4 is 9.62 Å². The summed E-state index contributed by atoms with van der Waals surface area (Å²) < 4.78 is 31.4. The number of rotatable bonds is 5. The average molecular weight is 425 g/mol. The van der Waals surface area contributed by atoms with Gasteiger partial charge in [-0.15, -0.1) is 0 Å². The Morgan fingerprint density at radius 1 is 1.23 bits per heavy atom. The summed E-state index contributed by atoms with van der Waals surface area (Å²) in [6.07, 6.45) is 1.42. The molecule has 4 aromatic rings. The molecule has 0 saturated carbocycles. The van der Waals surface area contributed by atoms with Gasteiger partial charge in [0.1, 0.15) is 5.69 Å². The summed E-state index contributed by atoms with van der Waals surface area (Å²) in [6, 6.07) is 7.74. The lowest BCUT2D eigenvalue weighted by Crippen LogP contribution is -2.36. The molecule has 5 rings (SSSR count). The van der Waals surface area contributed by atoms with Gasteiger partial charge in [-0.3, -0.25) is 9.82 Å². The molecule has 1 aromatic carbocycles. The molecule has 0 radical (unpaired) electrons. The summed E-state index contributed by atoms with van der Waals surface area (Å²) in [5.41, 5.74) is 4.21. The van der Waals surface area contributed by atoms with E-state index < -0.39 is 10.0 Å². The molecular formula is C19H19N7O3S. The lowest BCUT2D eigenvalue weighted by Gasteiger charge is -2.28. The smallest absolute Gasteiger partial charge is 0.254 e. The summed E-state index contributed by atoms with van der Waals surface area (Å²) in [6.45, 7) is 6.44. The van der Waals surface area contributed by atoms with Gasteiger partial charge in [0.25, 0.3) is 10.0 Å². The molecule has 0 aliphatic carbocycles. The predicted molar refractivity (Wildman–Crippen MR) is 115 cm³/mol. The number of nitrogens with one attached hydrogen (secondary N) is 3. The fourth-order valence-corrected chi connectivity index (χ4v) is 4.00. The highest BCUT2D eigenvalue weighted by Crippen LogP contribution is 2.29. The van der Waals surface area contributed by atoms with Crippen molar-refractivity contribution < 1.29 is 13.2 Å². The van der Waals surface area contributed by atoms with E-state index in [1.165, 1.54) is 6.20 Å². The van der Waals surface area contributed by atoms with Gasteiger partial charge in [0.15, 0.2) is 11.5 Å². The van der Waals surface area contributed by atoms with Crippen LogP contribution in [0.25, 0.3) is 33.6 Å². The zero-order valence-electron chi connectivity index (χ0n) is 15.9. The van der Waals surface area contributed by atoms with E-state index in [1.807, 2.05) is 12.1 Å². The monoisotopic (exact) mass is 425 g/mol. The SMILES string of the molecule is C=CS(=O)(=O)Nc1cnc2[nH]nc(-c3nc4ccc(N5CCOCC5)cc4[nH]3)c2c1. The molecule has 0 atom stereocenters. The topological polar surface area (TPSA) is 129 Å². The molecule has 0 spiro atoms. The minimum atomic E-state index is -3.63. The van der Waals surface area contributed by atoms with E-state index in [2.05, 4.69) is 47.4 Å². The van der Waals surface area contributed by atoms with Crippen LogP contribution in [0.4, 0.5) is 11.4 Å². The molecule has 154 valence electrons. The first-order chi connectivity index (χ1) is 14.5. The number of ether oxygens (including phenoxy) is 1. The number of hydrogen-bond donors (Lipinski definition) is 3. The second-order valence-corrected chi connectivity index (χ2v) is 8.52. The van der Waals surface area contributed by atoms with E-state index in [1.54, 1.807) is 6.07 Å². The maximum atomic E-state index is 11.8. The number of aromatic amines is 2. The van der Waals surface area contributed by atoms with Crippen LogP contribution in [0.2, 0.25) is 0 Å². The third-order valence-electron chi connectivity index (χ3n) is 4.96. The number of sulfonamides is 1. The molecule has 1 aliphatic heterocycles. The van der Waals surface area contributed by atoms with Crippen molar-refractivity contribution in [2.45, 2.75) is 0 Å². The van der Waals surface area contributed by atoms with Gasteiger partial charge < -0.3 is 14.6 Å². The molecule has 3 N–H and O–H groups in total. The Kier molecular flexibility index (Phi) is 4.40. The summed E-state index contributed by atoms with van der Waals surface area (Å²) in [5.74, 6) is 0.570. The number of pyridine rings is 1. The van der Waals surface area contributed by atoms with Crippen LogP contribution in [0.15, 0.2) is 42.4 Å². The van der Waals surface area contributed by atoms with Gasteiger partial charge in [-0.2, -0.15) is 5.10 Å². The van der Waals surface area contributed by atoms with Crippen molar-refractivity contribution in [2.75, 3.05) is 35.9 Å². The number of H-pyrrole nitrogens is 2. The maximum absolute atomic E-state index is 11.8. The highest BCUT2D eigenvalue weighted by molar-refractivity contribution is 7.95. The third kappa shape index (κ3) is 3.37. The number of anilines is 2. The van der Waals surface area contributed by atoms with Gasteiger partial charge in [0.05, 0.1) is 41.5 Å². The van der Waals surface area contributed by atoms with Crippen LogP contribution in [0.1, 0.15) is 0 Å². The zero-order valence-corrected chi connectivity index (χ0v) is 16.7. The van der Waals surface area contributed by atoms with Crippen molar-refractivity contribution in [2.24, 2.45) is 0 Å². The summed E-state index contributed by atoms with van der Waals surface area (Å²) >= 11 is 0. The Morgan fingerprint density at radius 2 is 2.07 bits per heavy atom. The third-order valence-corrected chi connectivity index (χ3v) is 5.92. The number of imidazole rings is 1. The fraction of sp³-hybridized carbons (Fsp3) is 0.211. The van der Waals surface area contributed by atoms with E-state index in [9.17, 15) is 8.42 Å². The number of fused-ring (bicyclic) bond motifs is 2. The number of nitrogens with zero attached hydrogens (tertiary/aromatic N) is 4. The molecule has 11 heteroatoms. The van der Waals surface area contributed by atoms with Gasteiger partial charge in [-0.1, -0.05) is 6.58 Å². The lowest BCUT2D eigenvalue weighted by molar-refractivity contribution is 0.122. The standard InChI is InChI=1S/C19H19N7O3S/c1-2-30(27,28)25-12-9-14-17(23-24-18(14)20-11-12)19-21-15-4-3-13(10-16(15)22-19)26-5-7-29-8-6-26/h2-4,9-11,25H,1,5-8H2,(H,21,22)(H,20,23,24). The Morgan fingerprint density at radius 3 is 2.87 bits per heavy atom. The number of benzene rings is 1. The molecule has 0 bridgehead atoms. The summed E-state index contributed by atoms with van der Waals surface area (Å²) in [7, 11) is -3.63. The molecule has 1 fully saturated rings. The molecule has 10 nitrogen and oxygen atoms in total. The van der Waals surface area contributed by atoms with Crippen molar-refractivity contribution in [3.05, 3.63) is 42.4 Å². The van der Waals surface area contributed by atoms with Gasteiger partial charge in [-0.05, 0) is 24.3 Å². The Hall–Kier alpha value is -3.44. The maximum Gasteiger partial charge on any atom is 0.254 e. The molecule has 1 aliphatic rings. The van der Waals surface area contributed by atoms with Gasteiger partial charge >= 0.3 is 0 Å². The Bertz CT molecular complexity index is 1350. The fourth-order valence-electron chi connectivity index (χ4n) is 3.47. The van der Waals surface area contributed by atoms with E-state index >= 15 is 0 Å². The second kappa shape index (κ2) is 7.11. The lowest BCUT2D eigenvalue weighted by atomic mass is 10.2. The molecule has 4 heterocycles. The first kappa shape index (κ1) is 18.6. The van der Waals surface area contributed by atoms with E-state index in [0.717, 1.165) is 48.4 Å². The van der Waals surface area contributed by atoms with Crippen molar-refractivity contribution in [3.63, 3.8) is 0 Å². The van der Waals surface area contributed by atoms with Gasteiger partial charge in [0.2, 0.25) is 0 Å². The Balaban J connectivity index is 1.53. The predicted octanol–water partition coefficient (Wildman–Crippen LogP) is 2.22. The quantitative estimate of drug-likeness (QED) is 0.447.